The molecule has 4 aliphatic carbocycles. The molecule has 4 bridgehead atoms. The molecule has 1 aromatic carbocycles. The highest BCUT2D eigenvalue weighted by Gasteiger charge is 2.62. The van der Waals surface area contributed by atoms with Crippen LogP contribution in [0.4, 0.5) is 0 Å². The lowest BCUT2D eigenvalue weighted by Gasteiger charge is -2.64. The fourth-order valence-corrected chi connectivity index (χ4v) is 9.61. The van der Waals surface area contributed by atoms with E-state index in [0.717, 1.165) is 30.4 Å². The van der Waals surface area contributed by atoms with Gasteiger partial charge in [0, 0.05) is 19.6 Å². The van der Waals surface area contributed by atoms with Gasteiger partial charge < -0.3 is 10.1 Å². The summed E-state index contributed by atoms with van der Waals surface area (Å²) in [5, 5.41) is 3.23. The SMILES string of the molecule is CC12CC3CC(C)(C1)CC(C(=O)NCc1ccccc1CS(=O)(=O)N1CCOCC1)(C3)C2. The van der Waals surface area contributed by atoms with E-state index in [1.165, 1.54) is 23.6 Å². The number of benzene rings is 1. The van der Waals surface area contributed by atoms with E-state index in [1.807, 2.05) is 24.3 Å². The van der Waals surface area contributed by atoms with Gasteiger partial charge in [-0.05, 0) is 66.4 Å². The number of rotatable bonds is 6. The topological polar surface area (TPSA) is 75.7 Å². The summed E-state index contributed by atoms with van der Waals surface area (Å²) >= 11 is 0. The minimum Gasteiger partial charge on any atom is -0.379 e. The van der Waals surface area contributed by atoms with Gasteiger partial charge in [0.1, 0.15) is 0 Å². The molecule has 4 saturated carbocycles. The standard InChI is InChI=1S/C25H36N2O4S/c1-23-11-19-12-24(2,16-23)18-25(13-19,17-23)22(28)26-14-20-5-3-4-6-21(20)15-32(29,30)27-7-9-31-10-8-27/h3-6,19H,7-18H2,1-2H3,(H,26,28). The number of sulfonamides is 1. The van der Waals surface area contributed by atoms with Gasteiger partial charge in [0.15, 0.2) is 0 Å². The zero-order chi connectivity index (χ0) is 22.6. The first-order valence-corrected chi connectivity index (χ1v) is 13.6. The molecule has 0 aromatic heterocycles. The van der Waals surface area contributed by atoms with Crippen LogP contribution in [0.2, 0.25) is 0 Å². The Balaban J connectivity index is 1.29. The molecule has 6 nitrogen and oxygen atoms in total. The number of carbonyl (C=O) groups excluding carboxylic acids is 1. The van der Waals surface area contributed by atoms with Crippen molar-refractivity contribution in [2.24, 2.45) is 22.2 Å². The first-order chi connectivity index (χ1) is 15.1. The zero-order valence-electron chi connectivity index (χ0n) is 19.4. The summed E-state index contributed by atoms with van der Waals surface area (Å²) in [4.78, 5) is 13.5. The summed E-state index contributed by atoms with van der Waals surface area (Å²) in [5.41, 5.74) is 1.98. The van der Waals surface area contributed by atoms with Crippen molar-refractivity contribution in [2.75, 3.05) is 26.3 Å². The highest BCUT2D eigenvalue weighted by molar-refractivity contribution is 7.88. The van der Waals surface area contributed by atoms with Gasteiger partial charge in [-0.1, -0.05) is 38.1 Å². The molecule has 32 heavy (non-hydrogen) atoms. The quantitative estimate of drug-likeness (QED) is 0.705. The predicted molar refractivity (Wildman–Crippen MR) is 123 cm³/mol. The molecule has 1 saturated heterocycles. The van der Waals surface area contributed by atoms with Crippen molar-refractivity contribution in [3.05, 3.63) is 35.4 Å². The number of ether oxygens (including phenoxy) is 1. The molecule has 0 radical (unpaired) electrons. The molecule has 1 aliphatic heterocycles. The molecule has 7 heteroatoms. The number of nitrogens with zero attached hydrogens (tertiary/aromatic N) is 1. The second-order valence-corrected chi connectivity index (χ2v) is 13.6. The van der Waals surface area contributed by atoms with Gasteiger partial charge in [-0.25, -0.2) is 8.42 Å². The fraction of sp³-hybridized carbons (Fsp3) is 0.720. The van der Waals surface area contributed by atoms with Gasteiger partial charge in [-0.3, -0.25) is 4.79 Å². The molecule has 1 N–H and O–H groups in total. The van der Waals surface area contributed by atoms with E-state index in [-0.39, 0.29) is 27.9 Å². The lowest BCUT2D eigenvalue weighted by Crippen LogP contribution is -2.59. The minimum atomic E-state index is -3.41. The molecule has 6 rings (SSSR count). The van der Waals surface area contributed by atoms with E-state index in [4.69, 9.17) is 4.74 Å². The smallest absolute Gasteiger partial charge is 0.226 e. The molecule has 5 fully saturated rings. The van der Waals surface area contributed by atoms with E-state index >= 15 is 0 Å². The number of nitrogens with one attached hydrogen (secondary N) is 1. The van der Waals surface area contributed by atoms with Crippen LogP contribution in [0, 0.1) is 22.2 Å². The van der Waals surface area contributed by atoms with Gasteiger partial charge >= 0.3 is 0 Å². The Morgan fingerprint density at radius 3 is 2.28 bits per heavy atom. The largest absolute Gasteiger partial charge is 0.379 e. The van der Waals surface area contributed by atoms with Crippen molar-refractivity contribution >= 4 is 15.9 Å². The Morgan fingerprint density at radius 2 is 1.66 bits per heavy atom. The Kier molecular flexibility index (Phi) is 5.46. The summed E-state index contributed by atoms with van der Waals surface area (Å²) in [6.45, 7) is 6.83. The van der Waals surface area contributed by atoms with Crippen LogP contribution >= 0.6 is 0 Å². The zero-order valence-corrected chi connectivity index (χ0v) is 20.2. The van der Waals surface area contributed by atoms with Gasteiger partial charge in [0.25, 0.3) is 0 Å². The maximum absolute atomic E-state index is 13.5. The second kappa shape index (κ2) is 7.81. The van der Waals surface area contributed by atoms with Crippen LogP contribution in [-0.2, 0) is 31.9 Å². The van der Waals surface area contributed by atoms with Crippen molar-refractivity contribution in [2.45, 2.75) is 64.7 Å². The average Bonchev–Trinajstić information content (AvgIpc) is 2.70. The van der Waals surface area contributed by atoms with Crippen LogP contribution in [0.1, 0.15) is 63.5 Å². The van der Waals surface area contributed by atoms with Crippen LogP contribution in [-0.4, -0.2) is 44.9 Å². The van der Waals surface area contributed by atoms with Crippen LogP contribution < -0.4 is 5.32 Å². The van der Waals surface area contributed by atoms with Crippen LogP contribution in [0.5, 0.6) is 0 Å². The van der Waals surface area contributed by atoms with Crippen molar-refractivity contribution in [3.8, 4) is 0 Å². The maximum Gasteiger partial charge on any atom is 0.226 e. The first kappa shape index (κ1) is 22.4. The lowest BCUT2D eigenvalue weighted by atomic mass is 9.40. The molecular formula is C25H36N2O4S. The van der Waals surface area contributed by atoms with E-state index < -0.39 is 10.0 Å². The summed E-state index contributed by atoms with van der Waals surface area (Å²) in [7, 11) is -3.41. The average molecular weight is 461 g/mol. The van der Waals surface area contributed by atoms with Crippen LogP contribution in [0.25, 0.3) is 0 Å². The molecule has 2 atom stereocenters. The van der Waals surface area contributed by atoms with Crippen molar-refractivity contribution < 1.29 is 17.9 Å². The minimum absolute atomic E-state index is 0.0393. The molecule has 0 spiro atoms. The second-order valence-electron chi connectivity index (χ2n) is 11.6. The van der Waals surface area contributed by atoms with Crippen molar-refractivity contribution in [3.63, 3.8) is 0 Å². The van der Waals surface area contributed by atoms with E-state index in [1.54, 1.807) is 0 Å². The summed E-state index contributed by atoms with van der Waals surface area (Å²) in [6, 6.07) is 7.59. The van der Waals surface area contributed by atoms with E-state index in [2.05, 4.69) is 19.2 Å². The number of amides is 1. The third-order valence-corrected chi connectivity index (χ3v) is 10.2. The molecule has 1 aromatic rings. The summed E-state index contributed by atoms with van der Waals surface area (Å²) < 4.78 is 32.7. The molecule has 1 heterocycles. The van der Waals surface area contributed by atoms with E-state index in [9.17, 15) is 13.2 Å². The van der Waals surface area contributed by atoms with Gasteiger partial charge in [-0.15, -0.1) is 0 Å². The number of hydrogen-bond acceptors (Lipinski definition) is 4. The van der Waals surface area contributed by atoms with Gasteiger partial charge in [0.05, 0.1) is 24.4 Å². The fourth-order valence-electron chi connectivity index (χ4n) is 8.05. The molecule has 1 amide bonds. The van der Waals surface area contributed by atoms with E-state index in [0.29, 0.717) is 38.8 Å². The first-order valence-electron chi connectivity index (χ1n) is 12.0. The summed E-state index contributed by atoms with van der Waals surface area (Å²) in [5.74, 6) is 0.797. The predicted octanol–water partition coefficient (Wildman–Crippen LogP) is 3.46. The van der Waals surface area contributed by atoms with Crippen LogP contribution in [0.3, 0.4) is 0 Å². The highest BCUT2D eigenvalue weighted by atomic mass is 32.2. The monoisotopic (exact) mass is 460 g/mol. The maximum atomic E-state index is 13.5. The molecule has 2 unspecified atom stereocenters. The Hall–Kier alpha value is -1.44. The normalized spacial score (nSPS) is 36.9. The third-order valence-electron chi connectivity index (χ3n) is 8.37. The van der Waals surface area contributed by atoms with Gasteiger partial charge in [-0.2, -0.15) is 4.31 Å². The Labute approximate surface area is 192 Å². The molecule has 176 valence electrons. The number of carbonyl (C=O) groups is 1. The van der Waals surface area contributed by atoms with Gasteiger partial charge in [0.2, 0.25) is 15.9 Å². The van der Waals surface area contributed by atoms with Crippen molar-refractivity contribution in [1.29, 1.82) is 0 Å². The number of morpholine rings is 1. The number of hydrogen-bond donors (Lipinski definition) is 1. The van der Waals surface area contributed by atoms with Crippen molar-refractivity contribution in [1.82, 2.24) is 9.62 Å². The Bertz CT molecular complexity index is 983. The lowest BCUT2D eigenvalue weighted by molar-refractivity contribution is -0.170. The third kappa shape index (κ3) is 4.12. The molecular weight excluding hydrogens is 424 g/mol. The highest BCUT2D eigenvalue weighted by Crippen LogP contribution is 2.69. The Morgan fingerprint density at radius 1 is 1.03 bits per heavy atom. The summed E-state index contributed by atoms with van der Waals surface area (Å²) in [6.07, 6.45) is 6.76. The van der Waals surface area contributed by atoms with Crippen LogP contribution in [0.15, 0.2) is 24.3 Å². The molecule has 5 aliphatic rings.